The van der Waals surface area contributed by atoms with Gasteiger partial charge in [0.05, 0.1) is 14.2 Å². The van der Waals surface area contributed by atoms with Crippen molar-refractivity contribution in [3.8, 4) is 33.7 Å². The summed E-state index contributed by atoms with van der Waals surface area (Å²) in [5.74, 6) is 2.66. The van der Waals surface area contributed by atoms with E-state index in [4.69, 9.17) is 19.0 Å². The monoisotopic (exact) mass is 392 g/mol. The zero-order valence-corrected chi connectivity index (χ0v) is 16.3. The lowest BCUT2D eigenvalue weighted by molar-refractivity contribution is 0.394. The molecule has 5 rings (SSSR count). The predicted octanol–water partition coefficient (Wildman–Crippen LogP) is 4.59. The third-order valence-corrected chi connectivity index (χ3v) is 5.58. The van der Waals surface area contributed by atoms with Crippen LogP contribution in [-0.2, 0) is 0 Å². The maximum Gasteiger partial charge on any atom is 0.235 e. The Bertz CT molecular complexity index is 1300. The molecule has 0 spiro atoms. The molecular formula is C20H16N4O3S. The summed E-state index contributed by atoms with van der Waals surface area (Å²) < 4.78 is 18.5. The fraction of sp³-hybridized carbons (Fsp3) is 0.150. The molecule has 0 atom stereocenters. The van der Waals surface area contributed by atoms with Crippen LogP contribution in [0.15, 0.2) is 46.9 Å². The van der Waals surface area contributed by atoms with Crippen LogP contribution in [0.5, 0.6) is 11.5 Å². The Balaban J connectivity index is 1.66. The van der Waals surface area contributed by atoms with Gasteiger partial charge in [0.2, 0.25) is 10.8 Å². The predicted molar refractivity (Wildman–Crippen MR) is 107 cm³/mol. The van der Waals surface area contributed by atoms with E-state index < -0.39 is 0 Å². The number of para-hydroxylation sites is 1. The van der Waals surface area contributed by atoms with Crippen molar-refractivity contribution in [3.05, 3.63) is 48.0 Å². The quantitative estimate of drug-likeness (QED) is 0.445. The fourth-order valence-corrected chi connectivity index (χ4v) is 4.02. The van der Waals surface area contributed by atoms with Crippen molar-refractivity contribution in [2.45, 2.75) is 6.92 Å². The first-order chi connectivity index (χ1) is 13.7. The summed E-state index contributed by atoms with van der Waals surface area (Å²) in [6.45, 7) is 2.02. The first kappa shape index (κ1) is 16.8. The van der Waals surface area contributed by atoms with Gasteiger partial charge >= 0.3 is 0 Å². The van der Waals surface area contributed by atoms with Gasteiger partial charge in [-0.15, -0.1) is 10.2 Å². The number of aryl methyl sites for hydroxylation is 1. The van der Waals surface area contributed by atoms with E-state index in [1.54, 1.807) is 18.7 Å². The molecule has 5 aromatic rings. The molecule has 0 unspecified atom stereocenters. The second kappa shape index (κ2) is 6.35. The topological polar surface area (TPSA) is 74.7 Å². The Morgan fingerprint density at radius 1 is 1.00 bits per heavy atom. The van der Waals surface area contributed by atoms with E-state index in [9.17, 15) is 0 Å². The Morgan fingerprint density at radius 2 is 1.75 bits per heavy atom. The zero-order chi connectivity index (χ0) is 19.3. The fourth-order valence-electron chi connectivity index (χ4n) is 3.19. The number of hydrogen-bond donors (Lipinski definition) is 0. The van der Waals surface area contributed by atoms with Crippen LogP contribution in [0.1, 0.15) is 5.56 Å². The second-order valence-corrected chi connectivity index (χ2v) is 7.23. The van der Waals surface area contributed by atoms with Crippen molar-refractivity contribution in [3.63, 3.8) is 0 Å². The molecule has 0 aliphatic heterocycles. The first-order valence-electron chi connectivity index (χ1n) is 8.62. The maximum absolute atomic E-state index is 6.04. The van der Waals surface area contributed by atoms with E-state index in [0.717, 1.165) is 27.1 Å². The standard InChI is InChI=1S/C20H16N4O3S/c1-11-15-6-4-5-7-16(15)27-17(11)18-21-22-20-24(18)23-19(28-20)12-8-13(25-2)10-14(9-12)26-3/h4-10H,1-3H3. The highest BCUT2D eigenvalue weighted by Gasteiger charge is 2.21. The van der Waals surface area contributed by atoms with Crippen LogP contribution < -0.4 is 9.47 Å². The van der Waals surface area contributed by atoms with Crippen molar-refractivity contribution >= 4 is 27.3 Å². The van der Waals surface area contributed by atoms with Crippen LogP contribution in [0.2, 0.25) is 0 Å². The van der Waals surface area contributed by atoms with Gasteiger partial charge in [-0.1, -0.05) is 29.5 Å². The smallest absolute Gasteiger partial charge is 0.235 e. The van der Waals surface area contributed by atoms with Gasteiger partial charge in [0, 0.05) is 22.6 Å². The highest BCUT2D eigenvalue weighted by molar-refractivity contribution is 7.19. The van der Waals surface area contributed by atoms with E-state index in [1.165, 1.54) is 11.3 Å². The van der Waals surface area contributed by atoms with Crippen LogP contribution in [0.3, 0.4) is 0 Å². The van der Waals surface area contributed by atoms with Gasteiger partial charge in [-0.3, -0.25) is 0 Å². The highest BCUT2D eigenvalue weighted by Crippen LogP contribution is 2.35. The minimum atomic E-state index is 0.584. The molecule has 3 aromatic heterocycles. The molecule has 0 fully saturated rings. The van der Waals surface area contributed by atoms with Crippen LogP contribution in [0.25, 0.3) is 38.1 Å². The summed E-state index contributed by atoms with van der Waals surface area (Å²) in [5.41, 5.74) is 2.72. The van der Waals surface area contributed by atoms with Crippen LogP contribution in [-0.4, -0.2) is 34.0 Å². The molecule has 0 aliphatic carbocycles. The lowest BCUT2D eigenvalue weighted by atomic mass is 10.1. The van der Waals surface area contributed by atoms with Crippen LogP contribution >= 0.6 is 11.3 Å². The number of furan rings is 1. The summed E-state index contributed by atoms with van der Waals surface area (Å²) in [5, 5.41) is 15.2. The van der Waals surface area contributed by atoms with Gasteiger partial charge in [-0.2, -0.15) is 9.61 Å². The number of benzene rings is 2. The van der Waals surface area contributed by atoms with E-state index in [0.29, 0.717) is 28.0 Å². The Labute approximate surface area is 164 Å². The normalized spacial score (nSPS) is 11.4. The van der Waals surface area contributed by atoms with Gasteiger partial charge in [0.25, 0.3) is 0 Å². The summed E-state index contributed by atoms with van der Waals surface area (Å²) >= 11 is 1.44. The molecule has 3 heterocycles. The number of rotatable bonds is 4. The van der Waals surface area contributed by atoms with Gasteiger partial charge < -0.3 is 13.9 Å². The average Bonchev–Trinajstić information content (AvgIpc) is 3.41. The van der Waals surface area contributed by atoms with Crippen LogP contribution in [0.4, 0.5) is 0 Å². The van der Waals surface area contributed by atoms with E-state index >= 15 is 0 Å². The SMILES string of the molecule is COc1cc(OC)cc(-c2nn3c(-c4oc5ccccc5c4C)nnc3s2)c1. The average molecular weight is 392 g/mol. The maximum atomic E-state index is 6.04. The lowest BCUT2D eigenvalue weighted by Crippen LogP contribution is -1.92. The van der Waals surface area contributed by atoms with Crippen molar-refractivity contribution < 1.29 is 13.9 Å². The number of fused-ring (bicyclic) bond motifs is 2. The molecule has 0 saturated heterocycles. The molecular weight excluding hydrogens is 376 g/mol. The summed E-state index contributed by atoms with van der Waals surface area (Å²) in [7, 11) is 3.25. The minimum Gasteiger partial charge on any atom is -0.497 e. The number of ether oxygens (including phenoxy) is 2. The Hall–Kier alpha value is -3.39. The van der Waals surface area contributed by atoms with E-state index in [1.807, 2.05) is 49.4 Å². The van der Waals surface area contributed by atoms with E-state index in [-0.39, 0.29) is 0 Å². The molecule has 0 aliphatic rings. The van der Waals surface area contributed by atoms with Gasteiger partial charge in [0.1, 0.15) is 22.1 Å². The third-order valence-electron chi connectivity index (χ3n) is 4.64. The van der Waals surface area contributed by atoms with Crippen molar-refractivity contribution in [1.82, 2.24) is 19.8 Å². The Morgan fingerprint density at radius 3 is 2.46 bits per heavy atom. The molecule has 28 heavy (non-hydrogen) atoms. The van der Waals surface area contributed by atoms with Gasteiger partial charge in [-0.25, -0.2) is 0 Å². The summed E-state index contributed by atoms with van der Waals surface area (Å²) in [6, 6.07) is 13.6. The molecule has 2 aromatic carbocycles. The molecule has 8 heteroatoms. The highest BCUT2D eigenvalue weighted by atomic mass is 32.1. The van der Waals surface area contributed by atoms with Crippen molar-refractivity contribution in [2.24, 2.45) is 0 Å². The third kappa shape index (κ3) is 2.53. The van der Waals surface area contributed by atoms with Crippen molar-refractivity contribution in [2.75, 3.05) is 14.2 Å². The molecule has 7 nitrogen and oxygen atoms in total. The van der Waals surface area contributed by atoms with E-state index in [2.05, 4.69) is 10.2 Å². The van der Waals surface area contributed by atoms with Gasteiger partial charge in [-0.05, 0) is 25.1 Å². The number of aromatic nitrogens is 4. The van der Waals surface area contributed by atoms with Gasteiger partial charge in [0.15, 0.2) is 5.76 Å². The zero-order valence-electron chi connectivity index (χ0n) is 15.5. The summed E-state index contributed by atoms with van der Waals surface area (Å²) in [4.78, 5) is 0.687. The number of nitrogens with zero attached hydrogens (tertiary/aromatic N) is 4. The molecule has 0 N–H and O–H groups in total. The minimum absolute atomic E-state index is 0.584. The Kier molecular flexibility index (Phi) is 3.80. The lowest BCUT2D eigenvalue weighted by Gasteiger charge is -2.06. The summed E-state index contributed by atoms with van der Waals surface area (Å²) in [6.07, 6.45) is 0. The van der Waals surface area contributed by atoms with Crippen LogP contribution in [0, 0.1) is 6.92 Å². The first-order valence-corrected chi connectivity index (χ1v) is 9.44. The second-order valence-electron chi connectivity index (χ2n) is 6.28. The molecule has 0 saturated carbocycles. The molecule has 0 bridgehead atoms. The largest absolute Gasteiger partial charge is 0.497 e. The molecule has 0 amide bonds. The number of hydrogen-bond acceptors (Lipinski definition) is 7. The van der Waals surface area contributed by atoms with Crippen molar-refractivity contribution in [1.29, 1.82) is 0 Å². The molecule has 0 radical (unpaired) electrons. The number of methoxy groups -OCH3 is 2. The molecule has 140 valence electrons.